The van der Waals surface area contributed by atoms with Crippen LogP contribution in [0.1, 0.15) is 5.56 Å². The van der Waals surface area contributed by atoms with Crippen molar-refractivity contribution in [2.45, 2.75) is 6.61 Å². The zero-order valence-corrected chi connectivity index (χ0v) is 10.00. The number of nitrogens with zero attached hydrogens (tertiary/aromatic N) is 2. The number of nitrogen functional groups attached to an aromatic ring is 2. The maximum Gasteiger partial charge on any atom is 0.231 e. The van der Waals surface area contributed by atoms with E-state index in [1.165, 1.54) is 6.07 Å². The highest BCUT2D eigenvalue weighted by molar-refractivity contribution is 5.44. The number of nitrogens with two attached hydrogens (primary N) is 2. The lowest BCUT2D eigenvalue weighted by atomic mass is 10.2. The van der Waals surface area contributed by atoms with Gasteiger partial charge in [-0.3, -0.25) is 0 Å². The largest absolute Gasteiger partial charge is 0.473 e. The molecule has 1 aliphatic heterocycles. The first-order chi connectivity index (χ1) is 9.20. The third kappa shape index (κ3) is 2.44. The molecule has 1 aliphatic rings. The van der Waals surface area contributed by atoms with Crippen molar-refractivity contribution in [2.75, 3.05) is 18.3 Å². The van der Waals surface area contributed by atoms with Gasteiger partial charge in [-0.2, -0.15) is 9.97 Å². The molecule has 0 fully saturated rings. The van der Waals surface area contributed by atoms with Crippen molar-refractivity contribution in [3.63, 3.8) is 0 Å². The molecule has 4 N–H and O–H groups in total. The summed E-state index contributed by atoms with van der Waals surface area (Å²) in [5.41, 5.74) is 12.0. The number of hydrogen-bond donors (Lipinski definition) is 2. The highest BCUT2D eigenvalue weighted by Gasteiger charge is 2.13. The molecule has 19 heavy (non-hydrogen) atoms. The summed E-state index contributed by atoms with van der Waals surface area (Å²) in [6, 6.07) is 7.10. The summed E-state index contributed by atoms with van der Waals surface area (Å²) in [7, 11) is 0. The molecule has 0 aliphatic carbocycles. The van der Waals surface area contributed by atoms with Crippen LogP contribution in [0, 0.1) is 0 Å². The number of ether oxygens (including phenoxy) is 3. The van der Waals surface area contributed by atoms with Crippen LogP contribution in [0.5, 0.6) is 17.4 Å². The normalized spacial score (nSPS) is 12.4. The molecule has 0 amide bonds. The zero-order chi connectivity index (χ0) is 13.2. The highest BCUT2D eigenvalue weighted by Crippen LogP contribution is 2.32. The van der Waals surface area contributed by atoms with Gasteiger partial charge in [-0.05, 0) is 17.7 Å². The Labute approximate surface area is 109 Å². The molecule has 0 radical (unpaired) electrons. The molecule has 1 aromatic heterocycles. The number of fused-ring (bicyclic) bond motifs is 1. The van der Waals surface area contributed by atoms with Crippen LogP contribution in [0.3, 0.4) is 0 Å². The van der Waals surface area contributed by atoms with E-state index in [4.69, 9.17) is 25.7 Å². The number of hydrogen-bond acceptors (Lipinski definition) is 7. The molecule has 7 heteroatoms. The van der Waals surface area contributed by atoms with E-state index in [0.717, 1.165) is 11.3 Å². The summed E-state index contributed by atoms with van der Waals surface area (Å²) < 4.78 is 16.0. The summed E-state index contributed by atoms with van der Waals surface area (Å²) in [6.45, 7) is 0.575. The second kappa shape index (κ2) is 4.52. The van der Waals surface area contributed by atoms with Gasteiger partial charge in [0.15, 0.2) is 11.5 Å². The molecule has 0 spiro atoms. The van der Waals surface area contributed by atoms with E-state index in [-0.39, 0.29) is 18.6 Å². The smallest absolute Gasteiger partial charge is 0.231 e. The predicted octanol–water partition coefficient (Wildman–Crippen LogP) is 0.949. The fraction of sp³-hybridized carbons (Fsp3) is 0.167. The van der Waals surface area contributed by atoms with Gasteiger partial charge in [0.1, 0.15) is 12.4 Å². The number of anilines is 2. The molecular weight excluding hydrogens is 248 g/mol. The average molecular weight is 260 g/mol. The molecule has 1 aromatic carbocycles. The molecular formula is C12H12N4O3. The Hall–Kier alpha value is -2.70. The van der Waals surface area contributed by atoms with E-state index in [1.54, 1.807) is 0 Å². The maximum absolute atomic E-state index is 5.55. The Balaban J connectivity index is 1.72. The first-order valence-corrected chi connectivity index (χ1v) is 5.62. The van der Waals surface area contributed by atoms with Gasteiger partial charge >= 0.3 is 0 Å². The number of rotatable bonds is 3. The second-order valence-corrected chi connectivity index (χ2v) is 3.97. The molecule has 0 saturated heterocycles. The van der Waals surface area contributed by atoms with Gasteiger partial charge in [-0.25, -0.2) is 0 Å². The van der Waals surface area contributed by atoms with Gasteiger partial charge in [-0.1, -0.05) is 6.07 Å². The van der Waals surface area contributed by atoms with Crippen molar-refractivity contribution in [3.8, 4) is 17.4 Å². The second-order valence-electron chi connectivity index (χ2n) is 3.97. The summed E-state index contributed by atoms with van der Waals surface area (Å²) in [5, 5.41) is 0. The van der Waals surface area contributed by atoms with Crippen LogP contribution in [0.2, 0.25) is 0 Å². The molecule has 3 rings (SSSR count). The minimum absolute atomic E-state index is 0.0840. The summed E-state index contributed by atoms with van der Waals surface area (Å²) in [6.07, 6.45) is 0. The van der Waals surface area contributed by atoms with Crippen molar-refractivity contribution < 1.29 is 14.2 Å². The fourth-order valence-corrected chi connectivity index (χ4v) is 1.72. The lowest BCUT2D eigenvalue weighted by Gasteiger charge is -2.07. The van der Waals surface area contributed by atoms with Crippen molar-refractivity contribution in [1.29, 1.82) is 0 Å². The van der Waals surface area contributed by atoms with Gasteiger partial charge in [0.25, 0.3) is 0 Å². The van der Waals surface area contributed by atoms with Gasteiger partial charge in [0.05, 0.1) is 0 Å². The van der Waals surface area contributed by atoms with E-state index in [0.29, 0.717) is 18.2 Å². The first kappa shape index (κ1) is 11.4. The SMILES string of the molecule is Nc1cc(OCc2ccc3c(c2)OCO3)nc(N)n1. The third-order valence-electron chi connectivity index (χ3n) is 2.56. The quantitative estimate of drug-likeness (QED) is 0.846. The highest BCUT2D eigenvalue weighted by atomic mass is 16.7. The Kier molecular flexibility index (Phi) is 2.71. The fourth-order valence-electron chi connectivity index (χ4n) is 1.72. The van der Waals surface area contributed by atoms with Crippen LogP contribution in [0.4, 0.5) is 11.8 Å². The molecule has 2 heterocycles. The van der Waals surface area contributed by atoms with E-state index < -0.39 is 0 Å². The Morgan fingerprint density at radius 1 is 1.11 bits per heavy atom. The van der Waals surface area contributed by atoms with Gasteiger partial charge in [-0.15, -0.1) is 0 Å². The average Bonchev–Trinajstić information content (AvgIpc) is 2.82. The van der Waals surface area contributed by atoms with Crippen molar-refractivity contribution in [2.24, 2.45) is 0 Å². The molecule has 0 atom stereocenters. The van der Waals surface area contributed by atoms with Crippen LogP contribution in [-0.2, 0) is 6.61 Å². The zero-order valence-electron chi connectivity index (χ0n) is 10.00. The van der Waals surface area contributed by atoms with Crippen LogP contribution in [0.15, 0.2) is 24.3 Å². The first-order valence-electron chi connectivity index (χ1n) is 5.62. The molecule has 0 saturated carbocycles. The minimum Gasteiger partial charge on any atom is -0.473 e. The van der Waals surface area contributed by atoms with Crippen LogP contribution >= 0.6 is 0 Å². The Morgan fingerprint density at radius 2 is 1.95 bits per heavy atom. The maximum atomic E-state index is 5.55. The lowest BCUT2D eigenvalue weighted by molar-refractivity contribution is 0.174. The summed E-state index contributed by atoms with van der Waals surface area (Å²) >= 11 is 0. The molecule has 2 aromatic rings. The summed E-state index contributed by atoms with van der Waals surface area (Å²) in [5.74, 6) is 2.14. The molecule has 0 bridgehead atoms. The third-order valence-corrected chi connectivity index (χ3v) is 2.56. The molecule has 0 unspecified atom stereocenters. The number of benzene rings is 1. The van der Waals surface area contributed by atoms with Crippen LogP contribution < -0.4 is 25.7 Å². The van der Waals surface area contributed by atoms with Crippen molar-refractivity contribution in [3.05, 3.63) is 29.8 Å². The van der Waals surface area contributed by atoms with E-state index in [2.05, 4.69) is 9.97 Å². The summed E-state index contributed by atoms with van der Waals surface area (Å²) in [4.78, 5) is 7.69. The van der Waals surface area contributed by atoms with Crippen LogP contribution in [-0.4, -0.2) is 16.8 Å². The van der Waals surface area contributed by atoms with Crippen LogP contribution in [0.25, 0.3) is 0 Å². The Morgan fingerprint density at radius 3 is 2.79 bits per heavy atom. The van der Waals surface area contributed by atoms with Crippen molar-refractivity contribution >= 4 is 11.8 Å². The van der Waals surface area contributed by atoms with Gasteiger partial charge in [0, 0.05) is 6.07 Å². The van der Waals surface area contributed by atoms with E-state index in [9.17, 15) is 0 Å². The monoisotopic (exact) mass is 260 g/mol. The van der Waals surface area contributed by atoms with E-state index in [1.807, 2.05) is 18.2 Å². The molecule has 7 nitrogen and oxygen atoms in total. The Bertz CT molecular complexity index is 598. The number of aromatic nitrogens is 2. The predicted molar refractivity (Wildman–Crippen MR) is 67.8 cm³/mol. The molecule has 98 valence electrons. The van der Waals surface area contributed by atoms with Crippen molar-refractivity contribution in [1.82, 2.24) is 9.97 Å². The standard InChI is InChI=1S/C12H12N4O3/c13-10-4-11(16-12(14)15-10)17-5-7-1-2-8-9(3-7)19-6-18-8/h1-4H,5-6H2,(H4,13,14,15,16). The van der Waals surface area contributed by atoms with E-state index >= 15 is 0 Å². The lowest BCUT2D eigenvalue weighted by Crippen LogP contribution is -2.03. The minimum atomic E-state index is 0.0840. The van der Waals surface area contributed by atoms with Gasteiger partial charge in [0.2, 0.25) is 18.6 Å². The topological polar surface area (TPSA) is 106 Å². The van der Waals surface area contributed by atoms with Gasteiger partial charge < -0.3 is 25.7 Å².